The first-order valence-corrected chi connectivity index (χ1v) is 10.2. The molecule has 0 unspecified atom stereocenters. The lowest BCUT2D eigenvalue weighted by Crippen LogP contribution is -2.50. The normalized spacial score (nSPS) is 14.3. The molecule has 136 valence electrons. The fourth-order valence-corrected chi connectivity index (χ4v) is 3.87. The van der Waals surface area contributed by atoms with E-state index in [-0.39, 0.29) is 0 Å². The maximum Gasteiger partial charge on any atom is 0.109 e. The van der Waals surface area contributed by atoms with E-state index in [9.17, 15) is 0 Å². The molecule has 0 aliphatic carbocycles. The number of halogens is 1. The van der Waals surface area contributed by atoms with Gasteiger partial charge in [0, 0.05) is 61.6 Å². The van der Waals surface area contributed by atoms with Crippen molar-refractivity contribution in [1.82, 2.24) is 9.80 Å². The van der Waals surface area contributed by atoms with E-state index in [4.69, 9.17) is 24.4 Å². The van der Waals surface area contributed by atoms with Crippen molar-refractivity contribution in [3.63, 3.8) is 0 Å². The van der Waals surface area contributed by atoms with Crippen LogP contribution in [0.1, 0.15) is 11.1 Å². The monoisotopic (exact) mass is 447 g/mol. The second-order valence-corrected chi connectivity index (χ2v) is 8.22. The molecular formula is C20H22BrN3S2. The Labute approximate surface area is 174 Å². The number of thiocarbonyl (C=S) groups is 2. The van der Waals surface area contributed by atoms with Crippen molar-refractivity contribution in [3.8, 4) is 0 Å². The predicted molar refractivity (Wildman–Crippen MR) is 121 cm³/mol. The Balaban J connectivity index is 1.60. The van der Waals surface area contributed by atoms with Crippen molar-refractivity contribution in [3.05, 3.63) is 64.1 Å². The number of hydrogen-bond donors (Lipinski definition) is 0. The van der Waals surface area contributed by atoms with Crippen LogP contribution < -0.4 is 4.90 Å². The number of hydrogen-bond acceptors (Lipinski definition) is 3. The number of piperazine rings is 1. The summed E-state index contributed by atoms with van der Waals surface area (Å²) < 4.78 is 1.07. The fraction of sp³-hybridized carbons (Fsp3) is 0.300. The minimum Gasteiger partial charge on any atom is -0.378 e. The van der Waals surface area contributed by atoms with Crippen LogP contribution in [0, 0.1) is 0 Å². The molecular weight excluding hydrogens is 426 g/mol. The molecule has 6 heteroatoms. The Hall–Kier alpha value is -1.50. The van der Waals surface area contributed by atoms with Crippen molar-refractivity contribution in [2.45, 2.75) is 0 Å². The van der Waals surface area contributed by atoms with E-state index in [1.54, 1.807) is 0 Å². The minimum atomic E-state index is 0.894. The van der Waals surface area contributed by atoms with Crippen LogP contribution in [0.5, 0.6) is 0 Å². The highest BCUT2D eigenvalue weighted by Crippen LogP contribution is 2.18. The van der Waals surface area contributed by atoms with Gasteiger partial charge in [-0.15, -0.1) is 0 Å². The third-order valence-electron chi connectivity index (χ3n) is 4.58. The van der Waals surface area contributed by atoms with Gasteiger partial charge in [-0.3, -0.25) is 0 Å². The van der Waals surface area contributed by atoms with E-state index in [1.807, 2.05) is 26.2 Å². The highest BCUT2D eigenvalue weighted by atomic mass is 79.9. The molecule has 0 bridgehead atoms. The number of rotatable bonds is 3. The Morgan fingerprint density at radius 1 is 0.769 bits per heavy atom. The van der Waals surface area contributed by atoms with Gasteiger partial charge in [0.2, 0.25) is 0 Å². The molecule has 1 fully saturated rings. The molecule has 26 heavy (non-hydrogen) atoms. The highest BCUT2D eigenvalue weighted by molar-refractivity contribution is 9.10. The molecule has 0 atom stereocenters. The van der Waals surface area contributed by atoms with E-state index in [1.165, 1.54) is 5.69 Å². The van der Waals surface area contributed by atoms with E-state index < -0.39 is 0 Å². The zero-order chi connectivity index (χ0) is 18.7. The third-order valence-corrected chi connectivity index (χ3v) is 6.09. The molecule has 0 spiro atoms. The van der Waals surface area contributed by atoms with Crippen molar-refractivity contribution in [2.24, 2.45) is 0 Å². The van der Waals surface area contributed by atoms with Crippen LogP contribution in [0.15, 0.2) is 53.0 Å². The summed E-state index contributed by atoms with van der Waals surface area (Å²) >= 11 is 14.9. The molecule has 0 saturated carbocycles. The topological polar surface area (TPSA) is 9.72 Å². The second-order valence-electron chi connectivity index (χ2n) is 6.53. The molecule has 0 aromatic heterocycles. The first kappa shape index (κ1) is 19.3. The van der Waals surface area contributed by atoms with Gasteiger partial charge >= 0.3 is 0 Å². The number of anilines is 1. The molecule has 1 aliphatic rings. The lowest BCUT2D eigenvalue weighted by atomic mass is 10.1. The lowest BCUT2D eigenvalue weighted by Gasteiger charge is -2.37. The molecule has 1 aliphatic heterocycles. The maximum atomic E-state index is 5.72. The summed E-state index contributed by atoms with van der Waals surface area (Å²) in [4.78, 5) is 8.48. The van der Waals surface area contributed by atoms with E-state index in [2.05, 4.69) is 67.0 Å². The van der Waals surface area contributed by atoms with E-state index in [0.717, 1.165) is 51.8 Å². The van der Waals surface area contributed by atoms with Gasteiger partial charge in [0.1, 0.15) is 9.98 Å². The maximum absolute atomic E-state index is 5.72. The minimum absolute atomic E-state index is 0.894. The Kier molecular flexibility index (Phi) is 6.27. The first-order chi connectivity index (χ1) is 12.5. The average Bonchev–Trinajstić information content (AvgIpc) is 2.67. The van der Waals surface area contributed by atoms with Crippen molar-refractivity contribution < 1.29 is 0 Å². The summed E-state index contributed by atoms with van der Waals surface area (Å²) in [5, 5.41) is 0. The van der Waals surface area contributed by atoms with Crippen molar-refractivity contribution >= 4 is 56.0 Å². The van der Waals surface area contributed by atoms with Crippen LogP contribution in [0.4, 0.5) is 5.69 Å². The Bertz CT molecular complexity index is 780. The predicted octanol–water partition coefficient (Wildman–Crippen LogP) is 4.18. The quantitative estimate of drug-likeness (QED) is 0.650. The number of benzene rings is 2. The number of nitrogens with zero attached hydrogens (tertiary/aromatic N) is 3. The zero-order valence-corrected chi connectivity index (χ0v) is 18.2. The zero-order valence-electron chi connectivity index (χ0n) is 15.0. The van der Waals surface area contributed by atoms with E-state index >= 15 is 0 Å². The van der Waals surface area contributed by atoms with Gasteiger partial charge in [-0.1, -0.05) is 52.5 Å². The van der Waals surface area contributed by atoms with Gasteiger partial charge in [-0.2, -0.15) is 0 Å². The van der Waals surface area contributed by atoms with E-state index in [0.29, 0.717) is 0 Å². The van der Waals surface area contributed by atoms with Crippen LogP contribution in [0.3, 0.4) is 0 Å². The van der Waals surface area contributed by atoms with Gasteiger partial charge in [0.15, 0.2) is 0 Å². The first-order valence-electron chi connectivity index (χ1n) is 8.57. The highest BCUT2D eigenvalue weighted by Gasteiger charge is 2.22. The van der Waals surface area contributed by atoms with Crippen LogP contribution in [-0.2, 0) is 0 Å². The van der Waals surface area contributed by atoms with Gasteiger partial charge in [0.25, 0.3) is 0 Å². The van der Waals surface area contributed by atoms with Crippen molar-refractivity contribution in [2.75, 3.05) is 45.2 Å². The van der Waals surface area contributed by atoms with Gasteiger partial charge in [0.05, 0.1) is 0 Å². The van der Waals surface area contributed by atoms with Crippen LogP contribution in [0.2, 0.25) is 0 Å². The summed E-state index contributed by atoms with van der Waals surface area (Å²) in [5.41, 5.74) is 3.38. The molecule has 0 radical (unpaired) electrons. The molecule has 2 aromatic rings. The summed E-state index contributed by atoms with van der Waals surface area (Å²) in [6.45, 7) is 3.57. The average molecular weight is 448 g/mol. The standard InChI is InChI=1S/C20H22BrN3S2/c1-22(2)18-9-5-16(6-10-18)20(26)24-13-11-23(12-14-24)19(25)15-3-7-17(21)8-4-15/h3-10H,11-14H2,1-2H3. The molecule has 3 nitrogen and oxygen atoms in total. The smallest absolute Gasteiger partial charge is 0.109 e. The van der Waals surface area contributed by atoms with Gasteiger partial charge in [-0.05, 0) is 36.4 Å². The van der Waals surface area contributed by atoms with Crippen molar-refractivity contribution in [1.29, 1.82) is 0 Å². The van der Waals surface area contributed by atoms with Crippen LogP contribution >= 0.6 is 40.4 Å². The van der Waals surface area contributed by atoms with Gasteiger partial charge in [-0.25, -0.2) is 0 Å². The summed E-state index contributed by atoms with van der Waals surface area (Å²) in [6, 6.07) is 16.6. The lowest BCUT2D eigenvalue weighted by molar-refractivity contribution is 0.265. The molecule has 1 heterocycles. The molecule has 0 N–H and O–H groups in total. The van der Waals surface area contributed by atoms with Crippen LogP contribution in [-0.4, -0.2) is 60.1 Å². The SMILES string of the molecule is CN(C)c1ccc(C(=S)N2CCN(C(=S)c3ccc(Br)cc3)CC2)cc1. The molecule has 2 aromatic carbocycles. The molecule has 0 amide bonds. The summed E-state index contributed by atoms with van der Waals surface area (Å²) in [7, 11) is 4.09. The second kappa shape index (κ2) is 8.46. The largest absolute Gasteiger partial charge is 0.378 e. The third kappa shape index (κ3) is 4.42. The van der Waals surface area contributed by atoms with Crippen LogP contribution in [0.25, 0.3) is 0 Å². The van der Waals surface area contributed by atoms with Gasteiger partial charge < -0.3 is 14.7 Å². The summed E-state index contributed by atoms with van der Waals surface area (Å²) in [6.07, 6.45) is 0. The molecule has 1 saturated heterocycles. The Morgan fingerprint density at radius 3 is 1.54 bits per heavy atom. The summed E-state index contributed by atoms with van der Waals surface area (Å²) in [5.74, 6) is 0. The Morgan fingerprint density at radius 2 is 1.15 bits per heavy atom. The fourth-order valence-electron chi connectivity index (χ4n) is 2.97. The molecule has 3 rings (SSSR count).